The molecule has 17 heavy (non-hydrogen) atoms. The summed E-state index contributed by atoms with van der Waals surface area (Å²) in [4.78, 5) is 15.4. The number of amides is 1. The molecule has 0 aromatic carbocycles. The fraction of sp³-hybridized carbons (Fsp3) is 0.417. The Morgan fingerprint density at radius 3 is 3.12 bits per heavy atom. The van der Waals surface area contributed by atoms with E-state index in [0.29, 0.717) is 11.4 Å². The molecule has 0 bridgehead atoms. The Balaban J connectivity index is 2.15. The second kappa shape index (κ2) is 4.83. The van der Waals surface area contributed by atoms with Gasteiger partial charge in [-0.3, -0.25) is 4.79 Å². The van der Waals surface area contributed by atoms with Gasteiger partial charge in [0.15, 0.2) is 0 Å². The van der Waals surface area contributed by atoms with Crippen LogP contribution in [0.2, 0.25) is 0 Å². The predicted octanol–water partition coefficient (Wildman–Crippen LogP) is 1.02. The van der Waals surface area contributed by atoms with Crippen LogP contribution in [0.15, 0.2) is 18.3 Å². The van der Waals surface area contributed by atoms with E-state index in [0.717, 1.165) is 19.3 Å². The fourth-order valence-electron chi connectivity index (χ4n) is 2.26. The molecule has 1 aromatic rings. The number of carbonyl (C=O) groups is 1. The summed E-state index contributed by atoms with van der Waals surface area (Å²) < 4.78 is 0. The van der Waals surface area contributed by atoms with Crippen molar-refractivity contribution in [1.29, 1.82) is 5.26 Å². The zero-order valence-corrected chi connectivity index (χ0v) is 9.39. The highest BCUT2D eigenvalue weighted by Crippen LogP contribution is 2.28. The second-order valence-corrected chi connectivity index (χ2v) is 4.20. The molecule has 5 heteroatoms. The quantitative estimate of drug-likeness (QED) is 0.810. The van der Waals surface area contributed by atoms with Crippen molar-refractivity contribution in [3.05, 3.63) is 23.9 Å². The maximum atomic E-state index is 11.3. The first-order valence-corrected chi connectivity index (χ1v) is 5.63. The van der Waals surface area contributed by atoms with Gasteiger partial charge < -0.3 is 11.1 Å². The first kappa shape index (κ1) is 11.4. The number of pyridine rings is 1. The van der Waals surface area contributed by atoms with Crippen LogP contribution in [0.4, 0.5) is 5.82 Å². The second-order valence-electron chi connectivity index (χ2n) is 4.20. The van der Waals surface area contributed by atoms with Crippen LogP contribution in [0.3, 0.4) is 0 Å². The molecular formula is C12H14N4O. The molecule has 0 spiro atoms. The molecule has 88 valence electrons. The highest BCUT2D eigenvalue weighted by Gasteiger charge is 2.31. The molecule has 1 amide bonds. The molecule has 1 aliphatic carbocycles. The summed E-state index contributed by atoms with van der Waals surface area (Å²) in [7, 11) is 0. The number of nitrogens with one attached hydrogen (secondary N) is 1. The lowest BCUT2D eigenvalue weighted by Crippen LogP contribution is -2.34. The molecule has 0 unspecified atom stereocenters. The monoisotopic (exact) mass is 230 g/mol. The first-order valence-electron chi connectivity index (χ1n) is 5.63. The van der Waals surface area contributed by atoms with E-state index in [1.54, 1.807) is 18.3 Å². The standard InChI is InChI=1S/C12H14N4O/c13-7-8-3-2-6-15-12(8)16-10-5-1-4-9(10)11(14)17/h2-3,6,9-10H,1,4-5H2,(H2,14,17)(H,15,16)/t9-,10-/m1/s1. The van der Waals surface area contributed by atoms with Crippen LogP contribution in [-0.2, 0) is 4.79 Å². The van der Waals surface area contributed by atoms with E-state index in [-0.39, 0.29) is 17.9 Å². The predicted molar refractivity (Wildman–Crippen MR) is 62.9 cm³/mol. The van der Waals surface area contributed by atoms with E-state index < -0.39 is 0 Å². The molecule has 1 aliphatic rings. The zero-order valence-electron chi connectivity index (χ0n) is 9.39. The molecule has 0 aliphatic heterocycles. The van der Waals surface area contributed by atoms with Gasteiger partial charge in [0.05, 0.1) is 11.5 Å². The number of carbonyl (C=O) groups excluding carboxylic acids is 1. The molecule has 3 N–H and O–H groups in total. The number of hydrogen-bond donors (Lipinski definition) is 2. The Labute approximate surface area is 99.6 Å². The number of anilines is 1. The highest BCUT2D eigenvalue weighted by molar-refractivity contribution is 5.78. The minimum absolute atomic E-state index is 0.00509. The van der Waals surface area contributed by atoms with Gasteiger partial charge in [0.1, 0.15) is 11.9 Å². The molecule has 1 aromatic heterocycles. The summed E-state index contributed by atoms with van der Waals surface area (Å²) in [6.07, 6.45) is 4.29. The number of nitrogens with two attached hydrogens (primary N) is 1. The summed E-state index contributed by atoms with van der Waals surface area (Å²) in [6.45, 7) is 0. The van der Waals surface area contributed by atoms with Gasteiger partial charge in [-0.2, -0.15) is 5.26 Å². The van der Waals surface area contributed by atoms with E-state index in [9.17, 15) is 4.79 Å². The van der Waals surface area contributed by atoms with Crippen LogP contribution < -0.4 is 11.1 Å². The zero-order chi connectivity index (χ0) is 12.3. The Hall–Kier alpha value is -2.09. The Morgan fingerprint density at radius 1 is 1.59 bits per heavy atom. The van der Waals surface area contributed by atoms with Gasteiger partial charge in [0, 0.05) is 12.2 Å². The molecule has 1 heterocycles. The minimum Gasteiger partial charge on any atom is -0.369 e. The van der Waals surface area contributed by atoms with Crippen molar-refractivity contribution in [1.82, 2.24) is 4.98 Å². The van der Waals surface area contributed by atoms with Crippen molar-refractivity contribution in [2.24, 2.45) is 11.7 Å². The number of nitrogens with zero attached hydrogens (tertiary/aromatic N) is 2. The largest absolute Gasteiger partial charge is 0.369 e. The van der Waals surface area contributed by atoms with Gasteiger partial charge >= 0.3 is 0 Å². The third-order valence-corrected chi connectivity index (χ3v) is 3.13. The number of primary amides is 1. The Bertz CT molecular complexity index is 466. The number of rotatable bonds is 3. The van der Waals surface area contributed by atoms with Gasteiger partial charge in [-0.05, 0) is 25.0 Å². The SMILES string of the molecule is N#Cc1cccnc1N[C@@H]1CCC[C@H]1C(N)=O. The maximum Gasteiger partial charge on any atom is 0.222 e. The fourth-order valence-corrected chi connectivity index (χ4v) is 2.26. The molecule has 2 atom stereocenters. The third kappa shape index (κ3) is 2.36. The van der Waals surface area contributed by atoms with Crippen LogP contribution in [0, 0.1) is 17.2 Å². The summed E-state index contributed by atoms with van der Waals surface area (Å²) in [5.41, 5.74) is 5.84. The molecular weight excluding hydrogens is 216 g/mol. The summed E-state index contributed by atoms with van der Waals surface area (Å²) in [6, 6.07) is 5.48. The number of hydrogen-bond acceptors (Lipinski definition) is 4. The van der Waals surface area contributed by atoms with Crippen molar-refractivity contribution in [3.8, 4) is 6.07 Å². The Morgan fingerprint density at radius 2 is 2.41 bits per heavy atom. The van der Waals surface area contributed by atoms with Gasteiger partial charge in [0.2, 0.25) is 5.91 Å². The molecule has 1 saturated carbocycles. The third-order valence-electron chi connectivity index (χ3n) is 3.13. The molecule has 0 radical (unpaired) electrons. The van der Waals surface area contributed by atoms with E-state index in [1.807, 2.05) is 0 Å². The van der Waals surface area contributed by atoms with Crippen molar-refractivity contribution in [3.63, 3.8) is 0 Å². The van der Waals surface area contributed by atoms with Crippen molar-refractivity contribution >= 4 is 11.7 Å². The van der Waals surface area contributed by atoms with Crippen LogP contribution in [0.5, 0.6) is 0 Å². The van der Waals surface area contributed by atoms with Crippen molar-refractivity contribution in [2.75, 3.05) is 5.32 Å². The van der Waals surface area contributed by atoms with Crippen LogP contribution in [-0.4, -0.2) is 16.9 Å². The van der Waals surface area contributed by atoms with E-state index >= 15 is 0 Å². The number of aromatic nitrogens is 1. The topological polar surface area (TPSA) is 91.8 Å². The van der Waals surface area contributed by atoms with Crippen molar-refractivity contribution in [2.45, 2.75) is 25.3 Å². The minimum atomic E-state index is -0.283. The average molecular weight is 230 g/mol. The first-order chi connectivity index (χ1) is 8.22. The van der Waals surface area contributed by atoms with E-state index in [2.05, 4.69) is 16.4 Å². The molecule has 5 nitrogen and oxygen atoms in total. The van der Waals surface area contributed by atoms with Crippen LogP contribution >= 0.6 is 0 Å². The smallest absolute Gasteiger partial charge is 0.222 e. The van der Waals surface area contributed by atoms with Crippen LogP contribution in [0.25, 0.3) is 0 Å². The lowest BCUT2D eigenvalue weighted by molar-refractivity contribution is -0.121. The maximum absolute atomic E-state index is 11.3. The van der Waals surface area contributed by atoms with E-state index in [4.69, 9.17) is 11.0 Å². The normalized spacial score (nSPS) is 23.0. The highest BCUT2D eigenvalue weighted by atomic mass is 16.1. The lowest BCUT2D eigenvalue weighted by Gasteiger charge is -2.19. The number of nitriles is 1. The van der Waals surface area contributed by atoms with Gasteiger partial charge in [-0.25, -0.2) is 4.98 Å². The van der Waals surface area contributed by atoms with Crippen molar-refractivity contribution < 1.29 is 4.79 Å². The molecule has 0 saturated heterocycles. The van der Waals surface area contributed by atoms with Gasteiger partial charge in [-0.15, -0.1) is 0 Å². The van der Waals surface area contributed by atoms with Crippen LogP contribution in [0.1, 0.15) is 24.8 Å². The van der Waals surface area contributed by atoms with Gasteiger partial charge in [-0.1, -0.05) is 6.42 Å². The summed E-state index contributed by atoms with van der Waals surface area (Å²) >= 11 is 0. The van der Waals surface area contributed by atoms with Gasteiger partial charge in [0.25, 0.3) is 0 Å². The average Bonchev–Trinajstić information content (AvgIpc) is 2.78. The summed E-state index contributed by atoms with van der Waals surface area (Å²) in [5.74, 6) is 0.0890. The van der Waals surface area contributed by atoms with E-state index in [1.165, 1.54) is 0 Å². The Kier molecular flexibility index (Phi) is 3.24. The molecule has 1 fully saturated rings. The molecule has 2 rings (SSSR count). The lowest BCUT2D eigenvalue weighted by atomic mass is 10.0. The summed E-state index contributed by atoms with van der Waals surface area (Å²) in [5, 5.41) is 12.1.